The molecular weight excluding hydrogens is 272 g/mol. The number of esters is 2. The molecule has 1 aromatic rings. The predicted molar refractivity (Wildman–Crippen MR) is 58.9 cm³/mol. The zero-order chi connectivity index (χ0) is 13.9. The van der Waals surface area contributed by atoms with Crippen LogP contribution in [0.1, 0.15) is 20.7 Å². The highest BCUT2D eigenvalue weighted by molar-refractivity contribution is 5.93. The van der Waals surface area contributed by atoms with Crippen LogP contribution in [0.4, 0.5) is 0 Å². The lowest BCUT2D eigenvalue weighted by Crippen LogP contribution is -2.35. The summed E-state index contributed by atoms with van der Waals surface area (Å²) in [4.78, 5) is 23.2. The monoisotopic (exact) mass is 282 g/mol. The third-order valence-electron chi connectivity index (χ3n) is 2.58. The summed E-state index contributed by atoms with van der Waals surface area (Å²) < 4.78 is 28.8. The molecule has 2 saturated heterocycles. The van der Waals surface area contributed by atoms with E-state index in [1.165, 1.54) is 24.3 Å². The van der Waals surface area contributed by atoms with Gasteiger partial charge in [0, 0.05) is 0 Å². The van der Waals surface area contributed by atoms with E-state index in [2.05, 4.69) is 0 Å². The quantitative estimate of drug-likeness (QED) is 0.741. The van der Waals surface area contributed by atoms with E-state index >= 15 is 0 Å². The van der Waals surface area contributed by atoms with Gasteiger partial charge in [-0.2, -0.15) is 0 Å². The maximum Gasteiger partial charge on any atom is 0.342 e. The molecule has 8 nitrogen and oxygen atoms in total. The standard InChI is InChI=1S/C12H10O8/c13-9(19-11-15-5-16-11)7-1-2-8(4-3-7)10(14)20-12-17-6-18-12/h1-4,11-12H,5-6H2. The van der Waals surface area contributed by atoms with E-state index < -0.39 is 24.9 Å². The second-order valence-electron chi connectivity index (χ2n) is 3.87. The maximum absolute atomic E-state index is 11.6. The Hall–Kier alpha value is -2.00. The molecule has 8 heteroatoms. The predicted octanol–water partition coefficient (Wildman–Crippen LogP) is 0.576. The molecule has 20 heavy (non-hydrogen) atoms. The molecule has 0 aromatic heterocycles. The lowest BCUT2D eigenvalue weighted by Gasteiger charge is -2.25. The molecule has 0 bridgehead atoms. The number of benzene rings is 1. The van der Waals surface area contributed by atoms with Crippen molar-refractivity contribution in [2.45, 2.75) is 13.0 Å². The fourth-order valence-corrected chi connectivity index (χ4v) is 1.44. The van der Waals surface area contributed by atoms with E-state index in [4.69, 9.17) is 28.4 Å². The van der Waals surface area contributed by atoms with E-state index in [0.29, 0.717) is 0 Å². The zero-order valence-corrected chi connectivity index (χ0v) is 10.1. The second-order valence-corrected chi connectivity index (χ2v) is 3.87. The highest BCUT2D eigenvalue weighted by Gasteiger charge is 2.25. The van der Waals surface area contributed by atoms with Crippen molar-refractivity contribution in [2.24, 2.45) is 0 Å². The highest BCUT2D eigenvalue weighted by Crippen LogP contribution is 2.15. The van der Waals surface area contributed by atoms with Crippen molar-refractivity contribution in [1.29, 1.82) is 0 Å². The molecule has 0 unspecified atom stereocenters. The van der Waals surface area contributed by atoms with Gasteiger partial charge in [-0.15, -0.1) is 0 Å². The number of carbonyl (C=O) groups excluding carboxylic acids is 2. The van der Waals surface area contributed by atoms with Crippen LogP contribution in [0.25, 0.3) is 0 Å². The molecule has 3 rings (SSSR count). The Morgan fingerprint density at radius 2 is 1.15 bits per heavy atom. The molecule has 106 valence electrons. The first-order valence-corrected chi connectivity index (χ1v) is 5.71. The summed E-state index contributed by atoms with van der Waals surface area (Å²) in [7, 11) is 0. The van der Waals surface area contributed by atoms with E-state index in [-0.39, 0.29) is 24.7 Å². The fourth-order valence-electron chi connectivity index (χ4n) is 1.44. The molecule has 0 radical (unpaired) electrons. The van der Waals surface area contributed by atoms with Gasteiger partial charge in [0.2, 0.25) is 0 Å². The van der Waals surface area contributed by atoms with Crippen LogP contribution < -0.4 is 0 Å². The second kappa shape index (κ2) is 5.55. The zero-order valence-electron chi connectivity index (χ0n) is 10.1. The first kappa shape index (κ1) is 13.0. The number of ether oxygens (including phenoxy) is 6. The molecule has 2 heterocycles. The molecule has 0 aliphatic carbocycles. The summed E-state index contributed by atoms with van der Waals surface area (Å²) >= 11 is 0. The van der Waals surface area contributed by atoms with Gasteiger partial charge < -0.3 is 9.47 Å². The van der Waals surface area contributed by atoms with Gasteiger partial charge in [0.15, 0.2) is 13.6 Å². The Morgan fingerprint density at radius 1 is 0.800 bits per heavy atom. The van der Waals surface area contributed by atoms with Crippen LogP contribution in [-0.4, -0.2) is 38.5 Å². The third-order valence-corrected chi connectivity index (χ3v) is 2.58. The first-order valence-electron chi connectivity index (χ1n) is 5.71. The van der Waals surface area contributed by atoms with Crippen LogP contribution in [0.3, 0.4) is 0 Å². The third kappa shape index (κ3) is 2.78. The summed E-state index contributed by atoms with van der Waals surface area (Å²) in [5.74, 6) is -1.22. The summed E-state index contributed by atoms with van der Waals surface area (Å²) in [6, 6.07) is 5.72. The number of rotatable bonds is 4. The van der Waals surface area contributed by atoms with Crippen LogP contribution in [0.15, 0.2) is 24.3 Å². The lowest BCUT2D eigenvalue weighted by molar-refractivity contribution is -0.403. The normalized spacial score (nSPS) is 18.8. The average molecular weight is 282 g/mol. The minimum Gasteiger partial charge on any atom is -0.406 e. The summed E-state index contributed by atoms with van der Waals surface area (Å²) in [5, 5.41) is 0. The van der Waals surface area contributed by atoms with Crippen molar-refractivity contribution in [3.8, 4) is 0 Å². The van der Waals surface area contributed by atoms with E-state index in [1.807, 2.05) is 0 Å². The highest BCUT2D eigenvalue weighted by atomic mass is 17.0. The van der Waals surface area contributed by atoms with Crippen LogP contribution in [0.5, 0.6) is 0 Å². The number of hydrogen-bond donors (Lipinski definition) is 0. The summed E-state index contributed by atoms with van der Waals surface area (Å²) in [6.45, 7) is -1.71. The smallest absolute Gasteiger partial charge is 0.342 e. The van der Waals surface area contributed by atoms with Gasteiger partial charge in [-0.3, -0.25) is 18.9 Å². The van der Waals surface area contributed by atoms with Crippen molar-refractivity contribution >= 4 is 11.9 Å². The Bertz CT molecular complexity index is 456. The van der Waals surface area contributed by atoms with Crippen molar-refractivity contribution in [1.82, 2.24) is 0 Å². The molecule has 0 spiro atoms. The minimum absolute atomic E-state index is 0.105. The molecule has 0 amide bonds. The molecule has 0 N–H and O–H groups in total. The number of carbonyl (C=O) groups is 2. The number of hydrogen-bond acceptors (Lipinski definition) is 8. The van der Waals surface area contributed by atoms with Gasteiger partial charge in [0.05, 0.1) is 11.1 Å². The van der Waals surface area contributed by atoms with E-state index in [0.717, 1.165) is 0 Å². The van der Waals surface area contributed by atoms with Crippen LogP contribution >= 0.6 is 0 Å². The minimum atomic E-state index is -0.958. The molecule has 2 aliphatic rings. The van der Waals surface area contributed by atoms with Crippen molar-refractivity contribution < 1.29 is 38.0 Å². The van der Waals surface area contributed by atoms with Gasteiger partial charge in [-0.1, -0.05) is 0 Å². The molecule has 2 fully saturated rings. The largest absolute Gasteiger partial charge is 0.406 e. The first-order chi connectivity index (χ1) is 9.72. The van der Waals surface area contributed by atoms with E-state index in [9.17, 15) is 9.59 Å². The average Bonchev–Trinajstić information content (AvgIpc) is 2.38. The Kier molecular flexibility index (Phi) is 3.61. The Labute approximate surface area is 113 Å². The molecule has 1 aromatic carbocycles. The SMILES string of the molecule is O=C(OC1OCO1)c1ccc(C(=O)OC2OCO2)cc1. The van der Waals surface area contributed by atoms with Gasteiger partial charge >= 0.3 is 24.9 Å². The Morgan fingerprint density at radius 3 is 1.40 bits per heavy atom. The van der Waals surface area contributed by atoms with Gasteiger partial charge in [0.1, 0.15) is 0 Å². The Balaban J connectivity index is 1.58. The molecule has 2 aliphatic heterocycles. The van der Waals surface area contributed by atoms with Crippen molar-refractivity contribution in [3.63, 3.8) is 0 Å². The molecule has 0 saturated carbocycles. The van der Waals surface area contributed by atoms with Crippen LogP contribution in [-0.2, 0) is 28.4 Å². The maximum atomic E-state index is 11.6. The summed E-state index contributed by atoms with van der Waals surface area (Å²) in [5.41, 5.74) is 0.522. The molecule has 0 atom stereocenters. The van der Waals surface area contributed by atoms with Gasteiger partial charge in [0.25, 0.3) is 0 Å². The van der Waals surface area contributed by atoms with Crippen molar-refractivity contribution in [3.05, 3.63) is 35.4 Å². The van der Waals surface area contributed by atoms with Gasteiger partial charge in [-0.25, -0.2) is 9.59 Å². The fraction of sp³-hybridized carbons (Fsp3) is 0.333. The van der Waals surface area contributed by atoms with Gasteiger partial charge in [-0.05, 0) is 24.3 Å². The van der Waals surface area contributed by atoms with E-state index in [1.54, 1.807) is 0 Å². The summed E-state index contributed by atoms with van der Waals surface area (Å²) in [6.07, 6.45) is 0. The topological polar surface area (TPSA) is 89.5 Å². The van der Waals surface area contributed by atoms with Crippen LogP contribution in [0.2, 0.25) is 0 Å². The molecular formula is C12H10O8. The van der Waals surface area contributed by atoms with Crippen molar-refractivity contribution in [2.75, 3.05) is 13.6 Å². The van der Waals surface area contributed by atoms with Crippen LogP contribution in [0, 0.1) is 0 Å². The lowest BCUT2D eigenvalue weighted by atomic mass is 10.1.